The van der Waals surface area contributed by atoms with Crippen LogP contribution >= 0.6 is 11.6 Å². The van der Waals surface area contributed by atoms with Gasteiger partial charge < -0.3 is 16.0 Å². The molecule has 1 unspecified atom stereocenters. The van der Waals surface area contributed by atoms with Crippen LogP contribution in [0.15, 0.2) is 24.4 Å². The highest BCUT2D eigenvalue weighted by molar-refractivity contribution is 6.31. The fourth-order valence-electron chi connectivity index (χ4n) is 4.02. The van der Waals surface area contributed by atoms with Crippen molar-refractivity contribution in [3.8, 4) is 17.2 Å². The third-order valence-electron chi connectivity index (χ3n) is 5.85. The van der Waals surface area contributed by atoms with E-state index < -0.39 is 18.0 Å². The Morgan fingerprint density at radius 1 is 1.39 bits per heavy atom. The molecule has 6 nitrogen and oxygen atoms in total. The van der Waals surface area contributed by atoms with Gasteiger partial charge in [0.1, 0.15) is 23.8 Å². The quantitative estimate of drug-likeness (QED) is 0.735. The van der Waals surface area contributed by atoms with E-state index >= 15 is 0 Å². The van der Waals surface area contributed by atoms with Gasteiger partial charge in [0.15, 0.2) is 0 Å². The zero-order valence-electron chi connectivity index (χ0n) is 16.9. The van der Waals surface area contributed by atoms with Gasteiger partial charge in [-0.15, -0.1) is 0 Å². The van der Waals surface area contributed by atoms with Crippen molar-refractivity contribution in [3.05, 3.63) is 46.5 Å². The average molecular weight is 446 g/mol. The van der Waals surface area contributed by atoms with Crippen LogP contribution in [0.4, 0.5) is 14.5 Å². The van der Waals surface area contributed by atoms with Crippen LogP contribution < -0.4 is 16.0 Å². The molecule has 4 rings (SSSR count). The number of anilines is 1. The van der Waals surface area contributed by atoms with E-state index in [1.807, 2.05) is 13.0 Å². The van der Waals surface area contributed by atoms with E-state index in [1.165, 1.54) is 18.3 Å². The number of pyridine rings is 1. The van der Waals surface area contributed by atoms with Crippen LogP contribution in [0.3, 0.4) is 0 Å². The van der Waals surface area contributed by atoms with Gasteiger partial charge in [-0.05, 0) is 49.4 Å². The Kier molecular flexibility index (Phi) is 5.82. The van der Waals surface area contributed by atoms with Crippen LogP contribution in [0.1, 0.15) is 35.8 Å². The highest BCUT2D eigenvalue weighted by Gasteiger charge is 2.36. The average Bonchev–Trinajstić information content (AvgIpc) is 3.51. The third kappa shape index (κ3) is 4.34. The van der Waals surface area contributed by atoms with E-state index in [0.717, 1.165) is 18.9 Å². The normalized spacial score (nSPS) is 21.6. The fraction of sp³-hybridized carbons (Fsp3) is 0.409. The van der Waals surface area contributed by atoms with Gasteiger partial charge in [-0.1, -0.05) is 11.6 Å². The van der Waals surface area contributed by atoms with Gasteiger partial charge in [0, 0.05) is 29.4 Å². The smallest absolute Gasteiger partial charge is 0.255 e. The second-order valence-corrected chi connectivity index (χ2v) is 8.63. The summed E-state index contributed by atoms with van der Waals surface area (Å²) in [5.41, 5.74) is 6.88. The summed E-state index contributed by atoms with van der Waals surface area (Å²) in [5.74, 6) is -0.558. The van der Waals surface area contributed by atoms with Crippen LogP contribution in [0, 0.1) is 23.1 Å². The van der Waals surface area contributed by atoms with Crippen LogP contribution in [-0.4, -0.2) is 42.2 Å². The van der Waals surface area contributed by atoms with Crippen molar-refractivity contribution in [2.45, 2.75) is 38.0 Å². The lowest BCUT2D eigenvalue weighted by Crippen LogP contribution is -2.36. The van der Waals surface area contributed by atoms with Gasteiger partial charge in [0.25, 0.3) is 5.91 Å². The highest BCUT2D eigenvalue weighted by Crippen LogP contribution is 2.39. The molecule has 2 fully saturated rings. The minimum atomic E-state index is -1.30. The number of carbonyl (C=O) groups is 1. The number of amides is 1. The van der Waals surface area contributed by atoms with E-state index in [1.54, 1.807) is 4.90 Å². The molecule has 2 aromatic rings. The minimum absolute atomic E-state index is 0.0145. The van der Waals surface area contributed by atoms with Crippen molar-refractivity contribution in [1.82, 2.24) is 10.3 Å². The van der Waals surface area contributed by atoms with Gasteiger partial charge in [0.2, 0.25) is 0 Å². The Labute approximate surface area is 184 Å². The van der Waals surface area contributed by atoms with Gasteiger partial charge in [0.05, 0.1) is 23.8 Å². The molecule has 9 heteroatoms. The van der Waals surface area contributed by atoms with E-state index in [2.05, 4.69) is 10.3 Å². The Hall–Kier alpha value is -2.76. The summed E-state index contributed by atoms with van der Waals surface area (Å²) in [7, 11) is 0. The number of hydrogen-bond donors (Lipinski definition) is 2. The molecule has 3 atom stereocenters. The molecule has 0 bridgehead atoms. The molecule has 1 aliphatic carbocycles. The van der Waals surface area contributed by atoms with Gasteiger partial charge in [-0.3, -0.25) is 4.79 Å². The molecule has 1 amide bonds. The largest absolute Gasteiger partial charge is 0.366 e. The Morgan fingerprint density at radius 3 is 2.71 bits per heavy atom. The zero-order valence-corrected chi connectivity index (χ0v) is 17.7. The first-order chi connectivity index (χ1) is 14.8. The lowest BCUT2D eigenvalue weighted by atomic mass is 9.97. The molecule has 3 N–H and O–H groups in total. The molecule has 2 heterocycles. The molecular weight excluding hydrogens is 424 g/mol. The maximum Gasteiger partial charge on any atom is 0.255 e. The monoisotopic (exact) mass is 445 g/mol. The summed E-state index contributed by atoms with van der Waals surface area (Å²) in [4.78, 5) is 18.9. The topological polar surface area (TPSA) is 95.0 Å². The van der Waals surface area contributed by atoms with Crippen molar-refractivity contribution >= 4 is 23.2 Å². The van der Waals surface area contributed by atoms with Crippen LogP contribution in [-0.2, 0) is 0 Å². The highest BCUT2D eigenvalue weighted by atomic mass is 35.5. The first kappa shape index (κ1) is 21.5. The van der Waals surface area contributed by atoms with Crippen molar-refractivity contribution in [2.75, 3.05) is 18.0 Å². The molecule has 0 spiro atoms. The summed E-state index contributed by atoms with van der Waals surface area (Å²) in [6.45, 7) is 2.03. The number of benzene rings is 1. The molecule has 0 radical (unpaired) electrons. The zero-order chi connectivity index (χ0) is 22.3. The SMILES string of the molecule is CC(NC(=O)c1cnc(C#N)c(-c2cc(F)cc(Cl)c2)c1N1C[C@H](N)[C@@H](F)C1)C1CC1. The summed E-state index contributed by atoms with van der Waals surface area (Å²) >= 11 is 6.05. The van der Waals surface area contributed by atoms with E-state index in [0.29, 0.717) is 11.6 Å². The molecule has 1 saturated carbocycles. The molecular formula is C22H22ClF2N5O. The molecule has 162 valence electrons. The minimum Gasteiger partial charge on any atom is -0.366 e. The van der Waals surface area contributed by atoms with Crippen LogP contribution in [0.25, 0.3) is 11.1 Å². The number of carbonyl (C=O) groups excluding carboxylic acids is 1. The summed E-state index contributed by atoms with van der Waals surface area (Å²) < 4.78 is 28.5. The molecule has 1 saturated heterocycles. The second kappa shape index (κ2) is 8.40. The molecule has 2 aliphatic rings. The summed E-state index contributed by atoms with van der Waals surface area (Å²) in [6, 6.07) is 5.06. The Bertz CT molecular complexity index is 1040. The van der Waals surface area contributed by atoms with Crippen molar-refractivity contribution < 1.29 is 13.6 Å². The van der Waals surface area contributed by atoms with E-state index in [4.69, 9.17) is 17.3 Å². The van der Waals surface area contributed by atoms with Crippen molar-refractivity contribution in [3.63, 3.8) is 0 Å². The Balaban J connectivity index is 1.89. The third-order valence-corrected chi connectivity index (χ3v) is 6.07. The number of aromatic nitrogens is 1. The van der Waals surface area contributed by atoms with Crippen LogP contribution in [0.5, 0.6) is 0 Å². The van der Waals surface area contributed by atoms with E-state index in [9.17, 15) is 18.8 Å². The first-order valence-electron chi connectivity index (χ1n) is 10.1. The molecule has 1 aromatic carbocycles. The van der Waals surface area contributed by atoms with Crippen molar-refractivity contribution in [1.29, 1.82) is 5.26 Å². The van der Waals surface area contributed by atoms with Crippen molar-refractivity contribution in [2.24, 2.45) is 11.7 Å². The number of nitrogens with two attached hydrogens (primary N) is 1. The standard InChI is InChI=1S/C22H22ClF2N5O/c1-11(12-2-3-12)29-22(31)16-8-28-19(7-26)20(13-4-14(23)6-15(24)5-13)21(16)30-9-17(25)18(27)10-30/h4-6,8,11-12,17-18H,2-3,9-10,27H2,1H3,(H,29,31)/t11?,17-,18-/m0/s1. The maximum absolute atomic E-state index is 14.3. The fourth-order valence-corrected chi connectivity index (χ4v) is 4.24. The van der Waals surface area contributed by atoms with Gasteiger partial charge >= 0.3 is 0 Å². The number of halogens is 3. The lowest BCUT2D eigenvalue weighted by Gasteiger charge is -2.26. The number of nitrogens with zero attached hydrogens (tertiary/aromatic N) is 3. The lowest BCUT2D eigenvalue weighted by molar-refractivity contribution is 0.0936. The van der Waals surface area contributed by atoms with E-state index in [-0.39, 0.29) is 52.4 Å². The predicted molar refractivity (Wildman–Crippen MR) is 114 cm³/mol. The van der Waals surface area contributed by atoms with Crippen LogP contribution in [0.2, 0.25) is 5.02 Å². The molecule has 1 aromatic heterocycles. The maximum atomic E-state index is 14.3. The number of nitrogens with one attached hydrogen (secondary N) is 1. The number of rotatable bonds is 5. The number of nitriles is 1. The van der Waals surface area contributed by atoms with Gasteiger partial charge in [-0.2, -0.15) is 5.26 Å². The summed E-state index contributed by atoms with van der Waals surface area (Å²) in [6.07, 6.45) is 2.11. The van der Waals surface area contributed by atoms with Gasteiger partial charge in [-0.25, -0.2) is 13.8 Å². The summed E-state index contributed by atoms with van der Waals surface area (Å²) in [5, 5.41) is 12.8. The number of hydrogen-bond acceptors (Lipinski definition) is 5. The Morgan fingerprint density at radius 2 is 2.13 bits per heavy atom. The second-order valence-electron chi connectivity index (χ2n) is 8.20. The molecule has 1 aliphatic heterocycles. The first-order valence-corrected chi connectivity index (χ1v) is 10.5. The number of alkyl halides is 1. The predicted octanol–water partition coefficient (Wildman–Crippen LogP) is 3.43. The molecule has 31 heavy (non-hydrogen) atoms.